The number of fused-ring (bicyclic) bond motifs is 1. The van der Waals surface area contributed by atoms with E-state index in [0.29, 0.717) is 4.47 Å². The molecule has 1 N–H and O–H groups in total. The third-order valence-corrected chi connectivity index (χ3v) is 6.24. The lowest BCUT2D eigenvalue weighted by molar-refractivity contribution is -0.166. The van der Waals surface area contributed by atoms with Crippen molar-refractivity contribution >= 4 is 32.7 Å². The van der Waals surface area contributed by atoms with Gasteiger partial charge in [-0.25, -0.2) is 17.6 Å². The van der Waals surface area contributed by atoms with Crippen LogP contribution in [0, 0.1) is 0 Å². The number of likely N-dealkylation sites (tertiary alicyclic amines) is 1. The Kier molecular flexibility index (Phi) is 6.86. The second-order valence-corrected chi connectivity index (χ2v) is 9.07. The number of ether oxygens (including phenoxy) is 2. The van der Waals surface area contributed by atoms with Crippen LogP contribution >= 0.6 is 15.9 Å². The molecule has 0 spiro atoms. The minimum atomic E-state index is -3.39. The summed E-state index contributed by atoms with van der Waals surface area (Å²) in [4.78, 5) is 13.8. The number of aliphatic hydroxyl groups is 1. The molecule has 14 heteroatoms. The van der Waals surface area contributed by atoms with E-state index in [0.717, 1.165) is 18.1 Å². The maximum Gasteiger partial charge on any atom is 0.387 e. The highest BCUT2D eigenvalue weighted by molar-refractivity contribution is 9.10. The number of β-amino-alcohol motifs (C(OH)–C–C–N with tert-alkyl or cyclic N) is 1. The van der Waals surface area contributed by atoms with Crippen molar-refractivity contribution in [1.82, 2.24) is 14.7 Å². The van der Waals surface area contributed by atoms with Gasteiger partial charge in [0.15, 0.2) is 5.60 Å². The summed E-state index contributed by atoms with van der Waals surface area (Å²) in [5, 5.41) is 14.1. The van der Waals surface area contributed by atoms with Crippen molar-refractivity contribution in [2.75, 3.05) is 20.2 Å². The topological polar surface area (TPSA) is 76.8 Å². The van der Waals surface area contributed by atoms with Gasteiger partial charge in [0.1, 0.15) is 17.1 Å². The van der Waals surface area contributed by atoms with Crippen LogP contribution in [0.5, 0.6) is 11.5 Å². The van der Waals surface area contributed by atoms with Crippen molar-refractivity contribution < 1.29 is 45.7 Å². The summed E-state index contributed by atoms with van der Waals surface area (Å²) >= 11 is 3.16. The number of methoxy groups -OCH3 is 1. The summed E-state index contributed by atoms with van der Waals surface area (Å²) < 4.78 is 91.7. The number of halogens is 7. The van der Waals surface area contributed by atoms with Crippen molar-refractivity contribution in [3.8, 4) is 22.8 Å². The van der Waals surface area contributed by atoms with Crippen LogP contribution in [0.25, 0.3) is 22.2 Å². The number of carbonyl (C=O) groups excluding carboxylic acids is 1. The Hall–Kier alpha value is -3.00. The van der Waals surface area contributed by atoms with Crippen LogP contribution < -0.4 is 9.47 Å². The van der Waals surface area contributed by atoms with E-state index < -0.39 is 55.4 Å². The van der Waals surface area contributed by atoms with Gasteiger partial charge in [0, 0.05) is 28.0 Å². The molecule has 1 aliphatic rings. The first-order chi connectivity index (χ1) is 16.9. The van der Waals surface area contributed by atoms with E-state index in [2.05, 4.69) is 25.8 Å². The summed E-state index contributed by atoms with van der Waals surface area (Å²) in [5.74, 6) is -1.93. The number of alkyl halides is 6. The third kappa shape index (κ3) is 4.47. The van der Waals surface area contributed by atoms with Gasteiger partial charge in [0.2, 0.25) is 0 Å². The molecule has 1 aromatic heterocycles. The summed E-state index contributed by atoms with van der Waals surface area (Å²) in [6.45, 7) is -4.86. The lowest BCUT2D eigenvalue weighted by Gasteiger charge is -2.45. The minimum Gasteiger partial charge on any atom is -0.496 e. The summed E-state index contributed by atoms with van der Waals surface area (Å²) in [5.41, 5.74) is -2.91. The van der Waals surface area contributed by atoms with Crippen molar-refractivity contribution in [1.29, 1.82) is 0 Å². The van der Waals surface area contributed by atoms with Gasteiger partial charge in [-0.2, -0.15) is 13.9 Å². The fourth-order valence-electron chi connectivity index (χ4n) is 4.17. The first-order valence-electron chi connectivity index (χ1n) is 10.3. The predicted octanol–water partition coefficient (Wildman–Crippen LogP) is 5.00. The van der Waals surface area contributed by atoms with Crippen LogP contribution in [0.1, 0.15) is 22.3 Å². The molecule has 1 saturated heterocycles. The maximum atomic E-state index is 13.9. The number of aryl methyl sites for hydroxylation is 1. The number of carbonyl (C=O) groups is 1. The molecule has 0 radical (unpaired) electrons. The number of hydrogen-bond donors (Lipinski definition) is 1. The first kappa shape index (κ1) is 26.1. The average molecular weight is 582 g/mol. The van der Waals surface area contributed by atoms with Crippen LogP contribution in [-0.4, -0.2) is 64.5 Å². The number of aromatic nitrogens is 2. The third-order valence-electron chi connectivity index (χ3n) is 5.78. The van der Waals surface area contributed by atoms with E-state index in [4.69, 9.17) is 4.74 Å². The van der Waals surface area contributed by atoms with E-state index in [1.807, 2.05) is 0 Å². The van der Waals surface area contributed by atoms with Crippen molar-refractivity contribution in [3.63, 3.8) is 0 Å². The number of nitrogens with zero attached hydrogens (tertiary/aromatic N) is 3. The Labute approximate surface area is 208 Å². The number of rotatable bonds is 7. The van der Waals surface area contributed by atoms with Gasteiger partial charge in [0.25, 0.3) is 18.8 Å². The smallest absolute Gasteiger partial charge is 0.387 e. The largest absolute Gasteiger partial charge is 0.496 e. The summed E-state index contributed by atoms with van der Waals surface area (Å²) in [6.07, 6.45) is -6.02. The van der Waals surface area contributed by atoms with E-state index in [1.165, 1.54) is 29.9 Å². The molecule has 7 nitrogen and oxygen atoms in total. The lowest BCUT2D eigenvalue weighted by Crippen LogP contribution is -2.67. The Morgan fingerprint density at radius 1 is 1.11 bits per heavy atom. The molecule has 194 valence electrons. The number of benzene rings is 2. The van der Waals surface area contributed by atoms with E-state index >= 15 is 0 Å². The molecule has 3 aromatic rings. The van der Waals surface area contributed by atoms with Crippen molar-refractivity contribution in [2.45, 2.75) is 25.1 Å². The first-order valence-corrected chi connectivity index (χ1v) is 11.1. The fraction of sp³-hybridized carbons (Fsp3) is 0.364. The lowest BCUT2D eigenvalue weighted by atomic mass is 9.93. The van der Waals surface area contributed by atoms with Crippen molar-refractivity contribution in [2.24, 2.45) is 7.05 Å². The van der Waals surface area contributed by atoms with Crippen LogP contribution in [0.2, 0.25) is 0 Å². The minimum absolute atomic E-state index is 0.0459. The Morgan fingerprint density at radius 3 is 2.31 bits per heavy atom. The standard InChI is InChI=1S/C22H18BrF6N3O4/c1-31-17(15-11(18(24)25)5-10(23)6-12(15)30-31)9-3-13(35-2)16(14(4-9)36-21(28)29)19(33)32-7-22(34,8-32)20(26)27/h3-6,18,20-21,34H,7-8H2,1-2H3. The average Bonchev–Trinajstić information content (AvgIpc) is 3.09. The van der Waals surface area contributed by atoms with Gasteiger partial charge in [-0.1, -0.05) is 15.9 Å². The molecule has 0 saturated carbocycles. The number of amides is 1. The Balaban J connectivity index is 1.89. The van der Waals surface area contributed by atoms with Gasteiger partial charge in [-0.05, 0) is 24.3 Å². The van der Waals surface area contributed by atoms with Crippen LogP contribution in [0.4, 0.5) is 26.3 Å². The fourth-order valence-corrected chi connectivity index (χ4v) is 4.63. The molecule has 1 aliphatic heterocycles. The zero-order valence-corrected chi connectivity index (χ0v) is 20.2. The van der Waals surface area contributed by atoms with Crippen LogP contribution in [0.15, 0.2) is 28.7 Å². The van der Waals surface area contributed by atoms with Crippen LogP contribution in [0.3, 0.4) is 0 Å². The van der Waals surface area contributed by atoms with Crippen molar-refractivity contribution in [3.05, 3.63) is 39.9 Å². The zero-order valence-electron chi connectivity index (χ0n) is 18.6. The van der Waals surface area contributed by atoms with E-state index in [-0.39, 0.29) is 33.5 Å². The highest BCUT2D eigenvalue weighted by Crippen LogP contribution is 2.43. The van der Waals surface area contributed by atoms with E-state index in [1.54, 1.807) is 0 Å². The van der Waals surface area contributed by atoms with Gasteiger partial charge >= 0.3 is 6.61 Å². The maximum absolute atomic E-state index is 13.9. The quantitative estimate of drug-likeness (QED) is 0.397. The molecule has 0 unspecified atom stereocenters. The number of hydrogen-bond acceptors (Lipinski definition) is 5. The highest BCUT2D eigenvalue weighted by atomic mass is 79.9. The second-order valence-electron chi connectivity index (χ2n) is 8.16. The molecule has 2 heterocycles. The molecule has 2 aromatic carbocycles. The van der Waals surface area contributed by atoms with Crippen LogP contribution in [-0.2, 0) is 7.05 Å². The van der Waals surface area contributed by atoms with E-state index in [9.17, 15) is 36.2 Å². The summed E-state index contributed by atoms with van der Waals surface area (Å²) in [7, 11) is 2.60. The predicted molar refractivity (Wildman–Crippen MR) is 119 cm³/mol. The summed E-state index contributed by atoms with van der Waals surface area (Å²) in [6, 6.07) is 5.00. The molecule has 0 atom stereocenters. The highest BCUT2D eigenvalue weighted by Gasteiger charge is 2.51. The normalized spacial score (nSPS) is 15.2. The Morgan fingerprint density at radius 2 is 1.75 bits per heavy atom. The Bertz CT molecular complexity index is 1330. The SMILES string of the molecule is COc1cc(-c2c3c(C(F)F)cc(Br)cc3nn2C)cc(OC(F)F)c1C(=O)N1CC(O)(C(F)F)C1. The molecule has 1 fully saturated rings. The van der Waals surface area contributed by atoms with Gasteiger partial charge in [-0.15, -0.1) is 0 Å². The molecule has 4 rings (SSSR count). The van der Waals surface area contributed by atoms with Gasteiger partial charge in [-0.3, -0.25) is 9.48 Å². The molecular weight excluding hydrogens is 564 g/mol. The molecule has 1 amide bonds. The van der Waals surface area contributed by atoms with Gasteiger partial charge in [0.05, 0.1) is 31.4 Å². The second kappa shape index (κ2) is 9.47. The molecule has 0 aliphatic carbocycles. The molecule has 36 heavy (non-hydrogen) atoms. The zero-order chi connectivity index (χ0) is 26.5. The molecule has 0 bridgehead atoms. The molecular formula is C22H18BrF6N3O4. The van der Waals surface area contributed by atoms with Gasteiger partial charge < -0.3 is 19.5 Å². The monoisotopic (exact) mass is 581 g/mol.